The zero-order chi connectivity index (χ0) is 20.2. The van der Waals surface area contributed by atoms with Gasteiger partial charge in [0.1, 0.15) is 0 Å². The molecule has 29 heavy (non-hydrogen) atoms. The number of carbonyl (C=O) groups excluding carboxylic acids is 1. The van der Waals surface area contributed by atoms with Gasteiger partial charge < -0.3 is 9.30 Å². The number of benzene rings is 2. The summed E-state index contributed by atoms with van der Waals surface area (Å²) in [5, 5.41) is 1.03. The van der Waals surface area contributed by atoms with Crippen LogP contribution in [0.15, 0.2) is 54.6 Å². The minimum absolute atomic E-state index is 0.0621. The predicted octanol–water partition coefficient (Wildman–Crippen LogP) is 4.49. The first-order chi connectivity index (χ1) is 14.1. The summed E-state index contributed by atoms with van der Waals surface area (Å²) in [7, 11) is 0. The maximum Gasteiger partial charge on any atom is 0.188 e. The Kier molecular flexibility index (Phi) is 5.93. The van der Waals surface area contributed by atoms with Gasteiger partial charge in [0.15, 0.2) is 5.78 Å². The number of aromatic nitrogens is 1. The predicted molar refractivity (Wildman–Crippen MR) is 118 cm³/mol. The molecule has 4 nitrogen and oxygen atoms in total. The van der Waals surface area contributed by atoms with Gasteiger partial charge in [-0.05, 0) is 37.1 Å². The lowest BCUT2D eigenvalue weighted by Gasteiger charge is -2.27. The summed E-state index contributed by atoms with van der Waals surface area (Å²) >= 11 is 0. The van der Waals surface area contributed by atoms with Crippen molar-refractivity contribution in [3.05, 3.63) is 77.0 Å². The number of hydrogen-bond acceptors (Lipinski definition) is 3. The van der Waals surface area contributed by atoms with E-state index in [1.807, 2.05) is 36.4 Å². The van der Waals surface area contributed by atoms with Gasteiger partial charge in [-0.3, -0.25) is 9.69 Å². The lowest BCUT2D eigenvalue weighted by Crippen LogP contribution is -2.38. The topological polar surface area (TPSA) is 34.5 Å². The van der Waals surface area contributed by atoms with Crippen LogP contribution in [0.5, 0.6) is 0 Å². The molecule has 1 aliphatic heterocycles. The van der Waals surface area contributed by atoms with Crippen LogP contribution in [0.3, 0.4) is 0 Å². The zero-order valence-corrected chi connectivity index (χ0v) is 17.2. The Balaban J connectivity index is 1.63. The third-order valence-corrected chi connectivity index (χ3v) is 5.82. The monoisotopic (exact) mass is 388 g/mol. The van der Waals surface area contributed by atoms with Crippen LogP contribution in [0.2, 0.25) is 0 Å². The van der Waals surface area contributed by atoms with Gasteiger partial charge in [-0.15, -0.1) is 0 Å². The summed E-state index contributed by atoms with van der Waals surface area (Å²) in [6.07, 6.45) is 3.64. The molecular weight excluding hydrogens is 360 g/mol. The fourth-order valence-corrected chi connectivity index (χ4v) is 4.12. The van der Waals surface area contributed by atoms with Crippen LogP contribution in [0.4, 0.5) is 0 Å². The quantitative estimate of drug-likeness (QED) is 0.461. The van der Waals surface area contributed by atoms with Gasteiger partial charge in [-0.25, -0.2) is 0 Å². The highest BCUT2D eigenvalue weighted by Crippen LogP contribution is 2.27. The highest BCUT2D eigenvalue weighted by molar-refractivity contribution is 6.16. The normalized spacial score (nSPS) is 15.4. The van der Waals surface area contributed by atoms with E-state index in [4.69, 9.17) is 4.74 Å². The van der Waals surface area contributed by atoms with Crippen molar-refractivity contribution >= 4 is 22.8 Å². The summed E-state index contributed by atoms with van der Waals surface area (Å²) in [5.74, 6) is 0.0621. The molecule has 2 aromatic carbocycles. The fourth-order valence-electron chi connectivity index (χ4n) is 4.12. The number of hydrogen-bond donors (Lipinski definition) is 0. The van der Waals surface area contributed by atoms with E-state index in [0.29, 0.717) is 0 Å². The van der Waals surface area contributed by atoms with Gasteiger partial charge >= 0.3 is 0 Å². The van der Waals surface area contributed by atoms with Crippen LogP contribution in [0, 0.1) is 13.8 Å². The van der Waals surface area contributed by atoms with E-state index in [0.717, 1.165) is 67.1 Å². The lowest BCUT2D eigenvalue weighted by molar-refractivity contribution is 0.0365. The second-order valence-corrected chi connectivity index (χ2v) is 7.64. The van der Waals surface area contributed by atoms with Gasteiger partial charge in [0.05, 0.1) is 18.8 Å². The van der Waals surface area contributed by atoms with Crippen molar-refractivity contribution in [2.24, 2.45) is 0 Å². The zero-order valence-electron chi connectivity index (χ0n) is 17.2. The maximum absolute atomic E-state index is 13.2. The minimum atomic E-state index is 0.0621. The van der Waals surface area contributed by atoms with Gasteiger partial charge in [0.25, 0.3) is 0 Å². The first kappa shape index (κ1) is 19.6. The SMILES string of the molecule is Cc1ccccc1/C=C/C(=O)c1c(C)n(CCN2CCOCC2)c2ccccc12. The van der Waals surface area contributed by atoms with Crippen LogP contribution < -0.4 is 0 Å². The van der Waals surface area contributed by atoms with Crippen LogP contribution in [-0.4, -0.2) is 48.1 Å². The molecule has 0 spiro atoms. The lowest BCUT2D eigenvalue weighted by atomic mass is 10.0. The van der Waals surface area contributed by atoms with Gasteiger partial charge in [-0.2, -0.15) is 0 Å². The number of aryl methyl sites for hydroxylation is 1. The number of ketones is 1. The number of morpholine rings is 1. The summed E-state index contributed by atoms with van der Waals surface area (Å²) in [4.78, 5) is 15.6. The molecule has 0 aliphatic carbocycles. The van der Waals surface area contributed by atoms with Gasteiger partial charge in [0, 0.05) is 42.8 Å². The molecule has 2 heterocycles. The highest BCUT2D eigenvalue weighted by Gasteiger charge is 2.19. The minimum Gasteiger partial charge on any atom is -0.379 e. The third kappa shape index (κ3) is 4.19. The second-order valence-electron chi connectivity index (χ2n) is 7.64. The Morgan fingerprint density at radius 3 is 2.52 bits per heavy atom. The van der Waals surface area contributed by atoms with Crippen molar-refractivity contribution in [3.8, 4) is 0 Å². The molecule has 150 valence electrons. The Morgan fingerprint density at radius 2 is 1.72 bits per heavy atom. The van der Waals surface area contributed by atoms with Crippen LogP contribution >= 0.6 is 0 Å². The van der Waals surface area contributed by atoms with Crippen molar-refractivity contribution in [3.63, 3.8) is 0 Å². The molecule has 4 rings (SSSR count). The Morgan fingerprint density at radius 1 is 1.00 bits per heavy atom. The molecule has 1 saturated heterocycles. The van der Waals surface area contributed by atoms with Crippen LogP contribution in [0.1, 0.15) is 27.2 Å². The standard InChI is InChI=1S/C25H28N2O2/c1-19-7-3-4-8-21(19)11-12-24(28)25-20(2)27(23-10-6-5-9-22(23)25)14-13-26-15-17-29-18-16-26/h3-12H,13-18H2,1-2H3/b12-11+. The molecule has 4 heteroatoms. The Hall–Kier alpha value is -2.69. The maximum atomic E-state index is 13.2. The Labute approximate surface area is 172 Å². The molecule has 0 atom stereocenters. The average Bonchev–Trinajstić information content (AvgIpc) is 3.03. The average molecular weight is 389 g/mol. The molecule has 0 saturated carbocycles. The van der Waals surface area contributed by atoms with E-state index in [9.17, 15) is 4.79 Å². The Bertz CT molecular complexity index is 1040. The molecule has 0 amide bonds. The molecular formula is C25H28N2O2. The first-order valence-corrected chi connectivity index (χ1v) is 10.3. The van der Waals surface area contributed by atoms with Crippen molar-refractivity contribution in [2.45, 2.75) is 20.4 Å². The van der Waals surface area contributed by atoms with E-state index in [-0.39, 0.29) is 5.78 Å². The first-order valence-electron chi connectivity index (χ1n) is 10.3. The second kappa shape index (κ2) is 8.76. The number of carbonyl (C=O) groups is 1. The number of allylic oxidation sites excluding steroid dienone is 1. The summed E-state index contributed by atoms with van der Waals surface area (Å²) in [5.41, 5.74) is 5.23. The molecule has 3 aromatic rings. The van der Waals surface area contributed by atoms with Crippen molar-refractivity contribution in [1.82, 2.24) is 9.47 Å². The number of rotatable bonds is 6. The van der Waals surface area contributed by atoms with E-state index in [1.165, 1.54) is 5.56 Å². The molecule has 0 radical (unpaired) electrons. The van der Waals surface area contributed by atoms with Crippen LogP contribution in [-0.2, 0) is 11.3 Å². The van der Waals surface area contributed by atoms with Crippen molar-refractivity contribution in [2.75, 3.05) is 32.8 Å². The van der Waals surface area contributed by atoms with E-state index in [1.54, 1.807) is 6.08 Å². The fraction of sp³-hybridized carbons (Fsp3) is 0.320. The highest BCUT2D eigenvalue weighted by atomic mass is 16.5. The number of fused-ring (bicyclic) bond motifs is 1. The smallest absolute Gasteiger partial charge is 0.188 e. The molecule has 1 aliphatic rings. The van der Waals surface area contributed by atoms with E-state index >= 15 is 0 Å². The van der Waals surface area contributed by atoms with E-state index < -0.39 is 0 Å². The van der Waals surface area contributed by atoms with Gasteiger partial charge in [-0.1, -0.05) is 48.5 Å². The molecule has 0 N–H and O–H groups in total. The number of ether oxygens (including phenoxy) is 1. The third-order valence-electron chi connectivity index (χ3n) is 5.82. The van der Waals surface area contributed by atoms with Crippen molar-refractivity contribution < 1.29 is 9.53 Å². The van der Waals surface area contributed by atoms with Crippen LogP contribution in [0.25, 0.3) is 17.0 Å². The van der Waals surface area contributed by atoms with Gasteiger partial charge in [0.2, 0.25) is 0 Å². The summed E-state index contributed by atoms with van der Waals surface area (Å²) in [6.45, 7) is 9.53. The van der Waals surface area contributed by atoms with E-state index in [2.05, 4.69) is 41.5 Å². The molecule has 0 bridgehead atoms. The number of nitrogens with zero attached hydrogens (tertiary/aromatic N) is 2. The molecule has 1 aromatic heterocycles. The molecule has 0 unspecified atom stereocenters. The molecule has 1 fully saturated rings. The summed E-state index contributed by atoms with van der Waals surface area (Å²) < 4.78 is 7.74. The van der Waals surface area contributed by atoms with Crippen molar-refractivity contribution in [1.29, 1.82) is 0 Å². The largest absolute Gasteiger partial charge is 0.379 e. The number of para-hydroxylation sites is 1. The summed E-state index contributed by atoms with van der Waals surface area (Å²) in [6, 6.07) is 16.3.